The summed E-state index contributed by atoms with van der Waals surface area (Å²) in [6.45, 7) is 10.5. The topological polar surface area (TPSA) is 105 Å². The predicted molar refractivity (Wildman–Crippen MR) is 114 cm³/mol. The number of rotatable bonds is 4. The first-order valence-electron chi connectivity index (χ1n) is 9.44. The van der Waals surface area contributed by atoms with Gasteiger partial charge in [-0.25, -0.2) is 0 Å². The van der Waals surface area contributed by atoms with Gasteiger partial charge in [0.25, 0.3) is 0 Å². The highest BCUT2D eigenvalue weighted by Crippen LogP contribution is 2.38. The molecule has 0 heterocycles. The van der Waals surface area contributed by atoms with Crippen LogP contribution in [0, 0.1) is 0 Å². The van der Waals surface area contributed by atoms with Gasteiger partial charge in [-0.05, 0) is 76.9 Å². The summed E-state index contributed by atoms with van der Waals surface area (Å²) in [7, 11) is 0. The Kier molecular flexibility index (Phi) is 5.97. The molecule has 156 valence electrons. The zero-order valence-electron chi connectivity index (χ0n) is 17.9. The van der Waals surface area contributed by atoms with E-state index in [1.54, 1.807) is 90.1 Å². The number of carbonyl (C=O) groups excluding carboxylic acids is 2. The Balaban J connectivity index is 2.82. The molecule has 4 N–H and O–H groups in total. The Labute approximate surface area is 172 Å². The normalized spacial score (nSPS) is 12.3. The summed E-state index contributed by atoms with van der Waals surface area (Å²) in [5.74, 6) is -1.46. The highest BCUT2D eigenvalue weighted by atomic mass is 16.6. The molecule has 0 aliphatic carbocycles. The van der Waals surface area contributed by atoms with Crippen LogP contribution in [0.1, 0.15) is 52.7 Å². The Morgan fingerprint density at radius 2 is 0.897 bits per heavy atom. The average Bonchev–Trinajstić information content (AvgIpc) is 2.55. The van der Waals surface area contributed by atoms with Crippen molar-refractivity contribution in [3.8, 4) is 0 Å². The van der Waals surface area contributed by atoms with E-state index >= 15 is 0 Å². The third-order valence-corrected chi connectivity index (χ3v) is 4.10. The standard InChI is InChI=1S/C23H30N2O4/c1-21(2,3)28-19(26)23(20(27)29-22(4,5)6,15-7-11-17(24)12-8-15)16-9-13-18(25)14-10-16/h7-14H,24-25H2,1-6H3. The highest BCUT2D eigenvalue weighted by molar-refractivity contribution is 6.10. The van der Waals surface area contributed by atoms with Crippen molar-refractivity contribution in [1.29, 1.82) is 0 Å². The molecular weight excluding hydrogens is 368 g/mol. The SMILES string of the molecule is CC(C)(C)OC(=O)C(C(=O)OC(C)(C)C)(c1ccc(N)cc1)c1ccc(N)cc1. The number of carbonyl (C=O) groups is 2. The first kappa shape index (κ1) is 22.3. The molecular formula is C23H30N2O4. The van der Waals surface area contributed by atoms with E-state index in [4.69, 9.17) is 20.9 Å². The van der Waals surface area contributed by atoms with Crippen LogP contribution in [0.15, 0.2) is 48.5 Å². The van der Waals surface area contributed by atoms with Crippen molar-refractivity contribution in [2.45, 2.75) is 58.2 Å². The Morgan fingerprint density at radius 3 is 1.14 bits per heavy atom. The first-order chi connectivity index (χ1) is 13.3. The molecule has 0 aliphatic heterocycles. The van der Waals surface area contributed by atoms with Crippen molar-refractivity contribution in [2.24, 2.45) is 0 Å². The van der Waals surface area contributed by atoms with Crippen LogP contribution in [-0.2, 0) is 24.5 Å². The van der Waals surface area contributed by atoms with Gasteiger partial charge in [0, 0.05) is 11.4 Å². The zero-order chi connectivity index (χ0) is 22.0. The monoisotopic (exact) mass is 398 g/mol. The molecule has 0 radical (unpaired) electrons. The van der Waals surface area contributed by atoms with E-state index in [9.17, 15) is 9.59 Å². The lowest BCUT2D eigenvalue weighted by Crippen LogP contribution is -2.50. The molecule has 29 heavy (non-hydrogen) atoms. The molecule has 0 spiro atoms. The fourth-order valence-electron chi connectivity index (χ4n) is 2.90. The van der Waals surface area contributed by atoms with Gasteiger partial charge in [-0.2, -0.15) is 0 Å². The second kappa shape index (κ2) is 7.78. The minimum atomic E-state index is -1.83. The summed E-state index contributed by atoms with van der Waals surface area (Å²) in [6.07, 6.45) is 0. The number of nitrogen functional groups attached to an aromatic ring is 2. The fraction of sp³-hybridized carbons (Fsp3) is 0.391. The van der Waals surface area contributed by atoms with Crippen molar-refractivity contribution < 1.29 is 19.1 Å². The number of anilines is 2. The molecule has 0 atom stereocenters. The van der Waals surface area contributed by atoms with Crippen LogP contribution in [0.5, 0.6) is 0 Å². The van der Waals surface area contributed by atoms with E-state index in [1.807, 2.05) is 0 Å². The second-order valence-electron chi connectivity index (χ2n) is 9.00. The second-order valence-corrected chi connectivity index (χ2v) is 9.00. The fourth-order valence-corrected chi connectivity index (χ4v) is 2.90. The molecule has 6 heteroatoms. The van der Waals surface area contributed by atoms with Gasteiger partial charge < -0.3 is 20.9 Å². The van der Waals surface area contributed by atoms with Crippen LogP contribution in [-0.4, -0.2) is 23.1 Å². The van der Waals surface area contributed by atoms with Gasteiger partial charge in [0.15, 0.2) is 0 Å². The number of benzene rings is 2. The van der Waals surface area contributed by atoms with Crippen LogP contribution >= 0.6 is 0 Å². The van der Waals surface area contributed by atoms with Crippen molar-refractivity contribution in [3.05, 3.63) is 59.7 Å². The Hall–Kier alpha value is -3.02. The molecule has 2 aromatic carbocycles. The molecule has 0 unspecified atom stereocenters. The molecule has 2 aromatic rings. The number of esters is 2. The number of hydrogen-bond acceptors (Lipinski definition) is 6. The summed E-state index contributed by atoms with van der Waals surface area (Å²) in [4.78, 5) is 27.2. The van der Waals surface area contributed by atoms with Gasteiger partial charge in [0.1, 0.15) is 11.2 Å². The molecule has 0 fully saturated rings. The van der Waals surface area contributed by atoms with Gasteiger partial charge in [-0.1, -0.05) is 24.3 Å². The smallest absolute Gasteiger partial charge is 0.333 e. The van der Waals surface area contributed by atoms with Gasteiger partial charge >= 0.3 is 11.9 Å². The summed E-state index contributed by atoms with van der Waals surface area (Å²) in [5.41, 5.74) is 10.0. The highest BCUT2D eigenvalue weighted by Gasteiger charge is 2.54. The van der Waals surface area contributed by atoms with E-state index in [2.05, 4.69) is 0 Å². The van der Waals surface area contributed by atoms with Crippen LogP contribution in [0.2, 0.25) is 0 Å². The number of nitrogens with two attached hydrogens (primary N) is 2. The lowest BCUT2D eigenvalue weighted by atomic mass is 9.74. The Morgan fingerprint density at radius 1 is 0.621 bits per heavy atom. The van der Waals surface area contributed by atoms with Crippen molar-refractivity contribution in [2.75, 3.05) is 11.5 Å². The van der Waals surface area contributed by atoms with Crippen molar-refractivity contribution >= 4 is 23.3 Å². The minimum absolute atomic E-state index is 0.403. The molecule has 0 aromatic heterocycles. The lowest BCUT2D eigenvalue weighted by molar-refractivity contribution is -0.175. The Bertz CT molecular complexity index is 798. The van der Waals surface area contributed by atoms with Crippen LogP contribution < -0.4 is 11.5 Å². The number of hydrogen-bond donors (Lipinski definition) is 2. The minimum Gasteiger partial charge on any atom is -0.459 e. The van der Waals surface area contributed by atoms with Gasteiger partial charge in [-0.15, -0.1) is 0 Å². The summed E-state index contributed by atoms with van der Waals surface area (Å²) < 4.78 is 11.4. The maximum atomic E-state index is 13.6. The third-order valence-electron chi connectivity index (χ3n) is 4.10. The largest absolute Gasteiger partial charge is 0.459 e. The molecule has 0 saturated heterocycles. The number of ether oxygens (including phenoxy) is 2. The summed E-state index contributed by atoms with van der Waals surface area (Å²) in [5, 5.41) is 0. The maximum Gasteiger partial charge on any atom is 0.333 e. The molecule has 0 aliphatic rings. The quantitative estimate of drug-likeness (QED) is 0.461. The van der Waals surface area contributed by atoms with Crippen LogP contribution in [0.3, 0.4) is 0 Å². The summed E-state index contributed by atoms with van der Waals surface area (Å²) >= 11 is 0. The zero-order valence-corrected chi connectivity index (χ0v) is 17.9. The summed E-state index contributed by atoms with van der Waals surface area (Å²) in [6, 6.07) is 13.1. The van der Waals surface area contributed by atoms with Crippen molar-refractivity contribution in [1.82, 2.24) is 0 Å². The molecule has 0 saturated carbocycles. The van der Waals surface area contributed by atoms with Gasteiger partial charge in [-0.3, -0.25) is 9.59 Å². The molecule has 0 bridgehead atoms. The van der Waals surface area contributed by atoms with E-state index in [1.165, 1.54) is 0 Å². The predicted octanol–water partition coefficient (Wildman–Crippen LogP) is 3.82. The lowest BCUT2D eigenvalue weighted by Gasteiger charge is -2.35. The van der Waals surface area contributed by atoms with E-state index in [-0.39, 0.29) is 0 Å². The van der Waals surface area contributed by atoms with Crippen molar-refractivity contribution in [3.63, 3.8) is 0 Å². The first-order valence-corrected chi connectivity index (χ1v) is 9.44. The van der Waals surface area contributed by atoms with Gasteiger partial charge in [0.05, 0.1) is 0 Å². The van der Waals surface area contributed by atoms with E-state index < -0.39 is 28.6 Å². The van der Waals surface area contributed by atoms with Gasteiger partial charge in [0.2, 0.25) is 5.41 Å². The van der Waals surface area contributed by atoms with Crippen LogP contribution in [0.4, 0.5) is 11.4 Å². The maximum absolute atomic E-state index is 13.6. The van der Waals surface area contributed by atoms with E-state index in [0.29, 0.717) is 22.5 Å². The molecule has 0 amide bonds. The van der Waals surface area contributed by atoms with Crippen LogP contribution in [0.25, 0.3) is 0 Å². The molecule has 2 rings (SSSR count). The molecule has 6 nitrogen and oxygen atoms in total. The third kappa shape index (κ3) is 5.08. The van der Waals surface area contributed by atoms with E-state index in [0.717, 1.165) is 0 Å². The average molecular weight is 399 g/mol.